The van der Waals surface area contributed by atoms with Crippen molar-refractivity contribution in [3.8, 4) is 11.6 Å². The van der Waals surface area contributed by atoms with E-state index in [-0.39, 0.29) is 11.7 Å². The van der Waals surface area contributed by atoms with Crippen molar-refractivity contribution in [1.29, 1.82) is 0 Å². The minimum atomic E-state index is -0.189. The zero-order chi connectivity index (χ0) is 17.9. The Balaban J connectivity index is 1.37. The van der Waals surface area contributed by atoms with E-state index in [0.717, 1.165) is 26.5 Å². The van der Waals surface area contributed by atoms with Gasteiger partial charge in [0.15, 0.2) is 5.13 Å². The van der Waals surface area contributed by atoms with E-state index in [9.17, 15) is 4.79 Å². The summed E-state index contributed by atoms with van der Waals surface area (Å²) in [5.74, 6) is 0.277. The minimum absolute atomic E-state index is 0.142. The third-order valence-corrected chi connectivity index (χ3v) is 5.46. The lowest BCUT2D eigenvalue weighted by Crippen LogP contribution is -2.13. The van der Waals surface area contributed by atoms with Crippen LogP contribution in [-0.2, 0) is 4.79 Å². The van der Waals surface area contributed by atoms with E-state index in [4.69, 9.17) is 4.42 Å². The molecule has 0 saturated carbocycles. The Morgan fingerprint density at radius 1 is 1.27 bits per heavy atom. The third-order valence-electron chi connectivity index (χ3n) is 3.21. The van der Waals surface area contributed by atoms with Gasteiger partial charge in [0.05, 0.1) is 16.0 Å². The lowest BCUT2D eigenvalue weighted by Gasteiger charge is -1.98. The summed E-state index contributed by atoms with van der Waals surface area (Å²) >= 11 is 6.01. The number of fused-ring (bicyclic) bond motifs is 1. The van der Waals surface area contributed by atoms with Crippen molar-refractivity contribution < 1.29 is 9.21 Å². The number of thioether (sulfide) groups is 1. The standard InChI is InChI=1S/C16H10BrN5O2S2/c17-9-4-5-10-12(7-9)26-15(19-10)20-13(23)8-25-16-22-21-14(24-16)11-3-1-2-6-18-11/h1-7H,8H2,(H,19,20,23). The van der Waals surface area contributed by atoms with Crippen LogP contribution in [-0.4, -0.2) is 31.8 Å². The summed E-state index contributed by atoms with van der Waals surface area (Å²) in [6.07, 6.45) is 1.65. The van der Waals surface area contributed by atoms with Gasteiger partial charge >= 0.3 is 0 Å². The van der Waals surface area contributed by atoms with E-state index in [0.29, 0.717) is 21.9 Å². The summed E-state index contributed by atoms with van der Waals surface area (Å²) in [4.78, 5) is 20.7. The quantitative estimate of drug-likeness (QED) is 0.457. The number of hydrogen-bond acceptors (Lipinski definition) is 8. The molecule has 0 atom stereocenters. The number of carbonyl (C=O) groups excluding carboxylic acids is 1. The average molecular weight is 448 g/mol. The van der Waals surface area contributed by atoms with Crippen LogP contribution in [0.4, 0.5) is 5.13 Å². The molecular formula is C16H10BrN5O2S2. The largest absolute Gasteiger partial charge is 0.410 e. The topological polar surface area (TPSA) is 93.8 Å². The van der Waals surface area contributed by atoms with Gasteiger partial charge in [-0.2, -0.15) is 0 Å². The van der Waals surface area contributed by atoms with Crippen molar-refractivity contribution in [2.24, 2.45) is 0 Å². The Hall–Kier alpha value is -2.30. The number of pyridine rings is 1. The first-order valence-electron chi connectivity index (χ1n) is 7.41. The van der Waals surface area contributed by atoms with Crippen LogP contribution in [0.25, 0.3) is 21.8 Å². The maximum Gasteiger partial charge on any atom is 0.277 e. The summed E-state index contributed by atoms with van der Waals surface area (Å²) in [6, 6.07) is 11.2. The number of halogens is 1. The van der Waals surface area contributed by atoms with Gasteiger partial charge in [0.2, 0.25) is 5.91 Å². The van der Waals surface area contributed by atoms with Crippen molar-refractivity contribution in [3.05, 3.63) is 47.1 Å². The average Bonchev–Trinajstić information content (AvgIpc) is 3.27. The fourth-order valence-corrected chi connectivity index (χ4v) is 4.09. The fraction of sp³-hybridized carbons (Fsp3) is 0.0625. The highest BCUT2D eigenvalue weighted by atomic mass is 79.9. The maximum absolute atomic E-state index is 12.1. The van der Waals surface area contributed by atoms with Crippen LogP contribution < -0.4 is 5.32 Å². The number of aromatic nitrogens is 4. The molecule has 0 spiro atoms. The second-order valence-electron chi connectivity index (χ2n) is 5.06. The van der Waals surface area contributed by atoms with E-state index in [2.05, 4.69) is 41.4 Å². The molecule has 1 N–H and O–H groups in total. The minimum Gasteiger partial charge on any atom is -0.410 e. The molecule has 0 saturated heterocycles. The summed E-state index contributed by atoms with van der Waals surface area (Å²) in [5.41, 5.74) is 1.44. The molecule has 4 aromatic rings. The van der Waals surface area contributed by atoms with Crippen molar-refractivity contribution in [2.45, 2.75) is 5.22 Å². The van der Waals surface area contributed by atoms with Crippen LogP contribution in [0.1, 0.15) is 0 Å². The first-order chi connectivity index (χ1) is 12.7. The van der Waals surface area contributed by atoms with Gasteiger partial charge in [0, 0.05) is 10.7 Å². The van der Waals surface area contributed by atoms with Crippen LogP contribution in [0.5, 0.6) is 0 Å². The van der Waals surface area contributed by atoms with E-state index in [1.165, 1.54) is 11.3 Å². The van der Waals surface area contributed by atoms with Gasteiger partial charge in [-0.3, -0.25) is 9.78 Å². The van der Waals surface area contributed by atoms with Crippen LogP contribution in [0.15, 0.2) is 56.7 Å². The maximum atomic E-state index is 12.1. The Labute approximate surface area is 164 Å². The second kappa shape index (κ2) is 7.52. The van der Waals surface area contributed by atoms with Crippen molar-refractivity contribution >= 4 is 60.3 Å². The Morgan fingerprint density at radius 2 is 2.19 bits per heavy atom. The molecule has 0 aliphatic rings. The van der Waals surface area contributed by atoms with E-state index in [1.807, 2.05) is 24.3 Å². The molecule has 4 rings (SSSR count). The zero-order valence-electron chi connectivity index (χ0n) is 13.0. The molecule has 130 valence electrons. The van der Waals surface area contributed by atoms with Crippen molar-refractivity contribution in [2.75, 3.05) is 11.1 Å². The van der Waals surface area contributed by atoms with Gasteiger partial charge in [-0.1, -0.05) is 45.1 Å². The molecule has 26 heavy (non-hydrogen) atoms. The molecule has 0 radical (unpaired) electrons. The monoisotopic (exact) mass is 447 g/mol. The SMILES string of the molecule is O=C(CSc1nnc(-c2ccccn2)o1)Nc1nc2ccc(Br)cc2s1. The summed E-state index contributed by atoms with van der Waals surface area (Å²) in [6.45, 7) is 0. The normalized spacial score (nSPS) is 11.0. The molecule has 0 aliphatic heterocycles. The molecule has 10 heteroatoms. The highest BCUT2D eigenvalue weighted by molar-refractivity contribution is 9.10. The molecular weight excluding hydrogens is 438 g/mol. The first-order valence-corrected chi connectivity index (χ1v) is 10.0. The Morgan fingerprint density at radius 3 is 3.04 bits per heavy atom. The van der Waals surface area contributed by atoms with Crippen LogP contribution in [0.3, 0.4) is 0 Å². The summed E-state index contributed by atoms with van der Waals surface area (Å²) < 4.78 is 7.49. The predicted octanol–water partition coefficient (Wildman–Crippen LogP) is 4.23. The molecule has 0 fully saturated rings. The van der Waals surface area contributed by atoms with Gasteiger partial charge in [0.1, 0.15) is 5.69 Å². The Bertz CT molecular complexity index is 1070. The number of carbonyl (C=O) groups is 1. The van der Waals surface area contributed by atoms with Crippen LogP contribution >= 0.6 is 39.0 Å². The van der Waals surface area contributed by atoms with Gasteiger partial charge < -0.3 is 9.73 Å². The second-order valence-corrected chi connectivity index (χ2v) is 7.93. The van der Waals surface area contributed by atoms with Crippen LogP contribution in [0.2, 0.25) is 0 Å². The summed E-state index contributed by atoms with van der Waals surface area (Å²) in [5, 5.41) is 11.5. The van der Waals surface area contributed by atoms with Crippen molar-refractivity contribution in [3.63, 3.8) is 0 Å². The number of nitrogens with zero attached hydrogens (tertiary/aromatic N) is 4. The number of benzene rings is 1. The molecule has 7 nitrogen and oxygen atoms in total. The van der Waals surface area contributed by atoms with Gasteiger partial charge in [0.25, 0.3) is 11.1 Å². The van der Waals surface area contributed by atoms with Gasteiger partial charge in [-0.25, -0.2) is 4.98 Å². The van der Waals surface area contributed by atoms with Crippen molar-refractivity contribution in [1.82, 2.24) is 20.2 Å². The predicted molar refractivity (Wildman–Crippen MR) is 104 cm³/mol. The van der Waals surface area contributed by atoms with Crippen LogP contribution in [0, 0.1) is 0 Å². The fourth-order valence-electron chi connectivity index (χ4n) is 2.10. The lowest BCUT2D eigenvalue weighted by atomic mass is 10.3. The molecule has 0 aliphatic carbocycles. The lowest BCUT2D eigenvalue weighted by molar-refractivity contribution is -0.113. The van der Waals surface area contributed by atoms with Gasteiger partial charge in [-0.15, -0.1) is 10.2 Å². The zero-order valence-corrected chi connectivity index (χ0v) is 16.3. The highest BCUT2D eigenvalue weighted by Crippen LogP contribution is 2.29. The first kappa shape index (κ1) is 17.1. The molecule has 1 aromatic carbocycles. The smallest absolute Gasteiger partial charge is 0.277 e. The number of amides is 1. The highest BCUT2D eigenvalue weighted by Gasteiger charge is 2.13. The summed E-state index contributed by atoms with van der Waals surface area (Å²) in [7, 11) is 0. The molecule has 0 unspecified atom stereocenters. The van der Waals surface area contributed by atoms with E-state index >= 15 is 0 Å². The molecule has 3 heterocycles. The number of thiazole rings is 1. The Kier molecular flexibility index (Phi) is 4.96. The molecule has 1 amide bonds. The van der Waals surface area contributed by atoms with E-state index in [1.54, 1.807) is 18.3 Å². The van der Waals surface area contributed by atoms with Gasteiger partial charge in [-0.05, 0) is 30.3 Å². The molecule has 0 bridgehead atoms. The van der Waals surface area contributed by atoms with E-state index < -0.39 is 0 Å². The number of anilines is 1. The molecule has 3 aromatic heterocycles. The number of rotatable bonds is 5. The number of nitrogens with one attached hydrogen (secondary N) is 1. The number of hydrogen-bond donors (Lipinski definition) is 1. The third kappa shape index (κ3) is 3.92.